The van der Waals surface area contributed by atoms with Crippen molar-refractivity contribution < 1.29 is 17.1 Å². The molecule has 0 aliphatic carbocycles. The number of carbonyl (C=O) groups is 1. The van der Waals surface area contributed by atoms with E-state index < -0.39 is 26.6 Å². The van der Waals surface area contributed by atoms with Gasteiger partial charge in [-0.05, 0) is 12.1 Å². The van der Waals surface area contributed by atoms with Gasteiger partial charge in [-0.2, -0.15) is 8.42 Å². The molecule has 0 atom stereocenters. The van der Waals surface area contributed by atoms with Gasteiger partial charge in [0.1, 0.15) is 10.6 Å². The predicted octanol–water partition coefficient (Wildman–Crippen LogP) is 0.680. The highest BCUT2D eigenvalue weighted by Gasteiger charge is 2.19. The summed E-state index contributed by atoms with van der Waals surface area (Å²) in [7, 11) is -4.96. The Hall–Kier alpha value is -2.55. The molecule has 20 heavy (non-hydrogen) atoms. The third-order valence-electron chi connectivity index (χ3n) is 2.30. The van der Waals surface area contributed by atoms with E-state index in [0.717, 1.165) is 18.5 Å². The van der Waals surface area contributed by atoms with Crippen LogP contribution in [0.3, 0.4) is 0 Å². The van der Waals surface area contributed by atoms with Gasteiger partial charge in [-0.25, -0.2) is 4.98 Å². The summed E-state index contributed by atoms with van der Waals surface area (Å²) in [6, 6.07) is 5.01. The van der Waals surface area contributed by atoms with Crippen molar-refractivity contribution in [2.75, 3.05) is 5.32 Å². The van der Waals surface area contributed by atoms with Gasteiger partial charge in [-0.3, -0.25) is 9.59 Å². The highest BCUT2D eigenvalue weighted by Crippen LogP contribution is 2.22. The fourth-order valence-electron chi connectivity index (χ4n) is 1.44. The van der Waals surface area contributed by atoms with E-state index in [9.17, 15) is 21.9 Å². The number of H-pyrrole nitrogens is 1. The van der Waals surface area contributed by atoms with Crippen LogP contribution in [-0.4, -0.2) is 24.3 Å². The number of aromatic amines is 1. The first-order chi connectivity index (χ1) is 9.38. The molecular weight excluding hydrogens is 289 g/mol. The number of aromatic nitrogens is 2. The Balaban J connectivity index is 2.33. The Morgan fingerprint density at radius 2 is 2.00 bits per heavy atom. The summed E-state index contributed by atoms with van der Waals surface area (Å²) < 4.78 is 34.9. The molecule has 0 fully saturated rings. The van der Waals surface area contributed by atoms with Gasteiger partial charge in [0.2, 0.25) is 0 Å². The molecule has 0 aliphatic rings. The summed E-state index contributed by atoms with van der Waals surface area (Å²) in [6.07, 6.45) is 1.96. The van der Waals surface area contributed by atoms with Crippen molar-refractivity contribution in [3.8, 4) is 0 Å². The van der Waals surface area contributed by atoms with Crippen LogP contribution in [0.25, 0.3) is 0 Å². The second-order valence-corrected chi connectivity index (χ2v) is 5.00. The van der Waals surface area contributed by atoms with E-state index in [4.69, 9.17) is 0 Å². The summed E-state index contributed by atoms with van der Waals surface area (Å²) in [4.78, 5) is 27.8. The van der Waals surface area contributed by atoms with Crippen LogP contribution in [0.1, 0.15) is 10.5 Å². The van der Waals surface area contributed by atoms with Gasteiger partial charge >= 0.3 is 10.2 Å². The summed E-state index contributed by atoms with van der Waals surface area (Å²) in [5, 5.41) is 2.21. The molecule has 104 valence electrons. The minimum atomic E-state index is -4.96. The zero-order valence-electron chi connectivity index (χ0n) is 9.83. The minimum Gasteiger partial charge on any atom is -0.325 e. The molecule has 1 heterocycles. The number of amides is 1. The second kappa shape index (κ2) is 5.21. The number of nitrogens with zero attached hydrogens (tertiary/aromatic N) is 1. The van der Waals surface area contributed by atoms with Crippen LogP contribution in [0.5, 0.6) is 0 Å². The highest BCUT2D eigenvalue weighted by molar-refractivity contribution is 7.86. The van der Waals surface area contributed by atoms with Crippen LogP contribution >= 0.6 is 0 Å². The van der Waals surface area contributed by atoms with Crippen LogP contribution in [0.15, 0.2) is 46.3 Å². The lowest BCUT2D eigenvalue weighted by Crippen LogP contribution is -2.18. The molecule has 0 bridgehead atoms. The van der Waals surface area contributed by atoms with Gasteiger partial charge < -0.3 is 10.3 Å². The monoisotopic (exact) mass is 297 g/mol. The molecule has 1 aromatic heterocycles. The first-order valence-electron chi connectivity index (χ1n) is 5.28. The van der Waals surface area contributed by atoms with Crippen molar-refractivity contribution in [1.82, 2.24) is 9.97 Å². The van der Waals surface area contributed by atoms with E-state index in [-0.39, 0.29) is 11.4 Å². The summed E-state index contributed by atoms with van der Waals surface area (Å²) in [5.41, 5.74) is -0.850. The smallest absolute Gasteiger partial charge is 0.325 e. The third-order valence-corrected chi connectivity index (χ3v) is 3.18. The molecule has 2 aromatic rings. The Kier molecular flexibility index (Phi) is 3.61. The van der Waals surface area contributed by atoms with Crippen molar-refractivity contribution in [2.45, 2.75) is 4.90 Å². The number of halogens is 1. The number of hydrogen-bond acceptors (Lipinski definition) is 5. The largest absolute Gasteiger partial charge is 0.334 e. The zero-order valence-corrected chi connectivity index (χ0v) is 10.6. The molecule has 1 amide bonds. The van der Waals surface area contributed by atoms with Crippen LogP contribution in [-0.2, 0) is 10.2 Å². The summed E-state index contributed by atoms with van der Waals surface area (Å²) in [5.74, 6) is -0.780. The van der Waals surface area contributed by atoms with Gasteiger partial charge in [-0.1, -0.05) is 12.1 Å². The lowest BCUT2D eigenvalue weighted by atomic mass is 10.3. The van der Waals surface area contributed by atoms with Gasteiger partial charge in [0.05, 0.1) is 11.9 Å². The number of nitrogens with one attached hydrogen (secondary N) is 2. The number of carbonyl (C=O) groups excluding carboxylic acids is 1. The fraction of sp³-hybridized carbons (Fsp3) is 0. The normalized spacial score (nSPS) is 11.1. The highest BCUT2D eigenvalue weighted by atomic mass is 32.3. The SMILES string of the molecule is O=C(Nc1ccccc1S(=O)(=O)F)c1c[nH]c(=O)cn1. The van der Waals surface area contributed by atoms with E-state index in [2.05, 4.69) is 15.3 Å². The summed E-state index contributed by atoms with van der Waals surface area (Å²) >= 11 is 0. The molecule has 0 saturated heterocycles. The van der Waals surface area contributed by atoms with Gasteiger partial charge in [-0.15, -0.1) is 3.89 Å². The number of rotatable bonds is 3. The van der Waals surface area contributed by atoms with Crippen LogP contribution < -0.4 is 10.9 Å². The molecular formula is C11H8FN3O4S. The van der Waals surface area contributed by atoms with Crippen molar-refractivity contribution in [3.63, 3.8) is 0 Å². The minimum absolute atomic E-state index is 0.143. The van der Waals surface area contributed by atoms with Crippen molar-refractivity contribution in [3.05, 3.63) is 52.7 Å². The van der Waals surface area contributed by atoms with Crippen LogP contribution in [0, 0.1) is 0 Å². The number of para-hydroxylation sites is 1. The van der Waals surface area contributed by atoms with Crippen molar-refractivity contribution in [1.29, 1.82) is 0 Å². The number of hydrogen-bond donors (Lipinski definition) is 2. The molecule has 1 aromatic carbocycles. The molecule has 7 nitrogen and oxygen atoms in total. The van der Waals surface area contributed by atoms with Gasteiger partial charge in [0.15, 0.2) is 0 Å². The first kappa shape index (κ1) is 13.9. The Bertz CT molecular complexity index is 796. The number of anilines is 1. The first-order valence-corrected chi connectivity index (χ1v) is 6.66. The molecule has 0 unspecified atom stereocenters. The molecule has 9 heteroatoms. The Morgan fingerprint density at radius 1 is 1.30 bits per heavy atom. The van der Waals surface area contributed by atoms with E-state index >= 15 is 0 Å². The Morgan fingerprint density at radius 3 is 2.60 bits per heavy atom. The predicted molar refractivity (Wildman–Crippen MR) is 67.5 cm³/mol. The Labute approximate surface area is 112 Å². The molecule has 2 rings (SSSR count). The van der Waals surface area contributed by atoms with Crippen molar-refractivity contribution >= 4 is 21.8 Å². The fourth-order valence-corrected chi connectivity index (χ4v) is 2.06. The lowest BCUT2D eigenvalue weighted by molar-refractivity contribution is 0.102. The van der Waals surface area contributed by atoms with Crippen LogP contribution in [0.2, 0.25) is 0 Å². The summed E-state index contributed by atoms with van der Waals surface area (Å²) in [6.45, 7) is 0. The van der Waals surface area contributed by atoms with E-state index in [0.29, 0.717) is 0 Å². The second-order valence-electron chi connectivity index (χ2n) is 3.68. The molecule has 2 N–H and O–H groups in total. The quantitative estimate of drug-likeness (QED) is 0.810. The van der Waals surface area contributed by atoms with Gasteiger partial charge in [0, 0.05) is 6.20 Å². The van der Waals surface area contributed by atoms with E-state index in [1.807, 2.05) is 0 Å². The van der Waals surface area contributed by atoms with E-state index in [1.165, 1.54) is 18.2 Å². The maximum absolute atomic E-state index is 13.0. The van der Waals surface area contributed by atoms with Crippen LogP contribution in [0.4, 0.5) is 9.57 Å². The molecule has 0 spiro atoms. The average Bonchev–Trinajstić information content (AvgIpc) is 2.38. The number of benzene rings is 1. The van der Waals surface area contributed by atoms with E-state index in [1.54, 1.807) is 0 Å². The average molecular weight is 297 g/mol. The van der Waals surface area contributed by atoms with Crippen molar-refractivity contribution in [2.24, 2.45) is 0 Å². The zero-order chi connectivity index (χ0) is 14.8. The molecule has 0 saturated carbocycles. The molecule has 0 radical (unpaired) electrons. The maximum Gasteiger partial charge on any atom is 0.334 e. The lowest BCUT2D eigenvalue weighted by Gasteiger charge is -2.07. The third kappa shape index (κ3) is 3.06. The standard InChI is InChI=1S/C11H8FN3O4S/c12-20(18,19)9-4-2-1-3-7(9)15-11(17)8-5-14-10(16)6-13-8/h1-6H,(H,14,16)(H,15,17). The van der Waals surface area contributed by atoms with Gasteiger partial charge in [0.25, 0.3) is 11.5 Å². The topological polar surface area (TPSA) is 109 Å². The molecule has 0 aliphatic heterocycles. The maximum atomic E-state index is 13.0.